The first kappa shape index (κ1) is 14.8. The lowest BCUT2D eigenvalue weighted by atomic mass is 10.1. The zero-order valence-electron chi connectivity index (χ0n) is 11.5. The minimum Gasteiger partial charge on any atom is -0.366 e. The second-order valence-electron chi connectivity index (χ2n) is 4.96. The van der Waals surface area contributed by atoms with Crippen LogP contribution < -0.4 is 10.6 Å². The van der Waals surface area contributed by atoms with E-state index in [0.717, 1.165) is 32.0 Å². The molecule has 2 heterocycles. The number of rotatable bonds is 3. The van der Waals surface area contributed by atoms with Crippen molar-refractivity contribution < 1.29 is 13.2 Å². The Morgan fingerprint density at radius 1 is 1.35 bits per heavy atom. The Hall–Kier alpha value is -1.57. The fourth-order valence-electron chi connectivity index (χ4n) is 2.27. The molecule has 1 saturated heterocycles. The summed E-state index contributed by atoms with van der Waals surface area (Å²) in [5.41, 5.74) is -0.941. The third kappa shape index (κ3) is 3.72. The first-order valence-corrected chi connectivity index (χ1v) is 6.47. The van der Waals surface area contributed by atoms with Crippen molar-refractivity contribution >= 4 is 11.8 Å². The molecule has 0 aromatic carbocycles. The van der Waals surface area contributed by atoms with Crippen molar-refractivity contribution in [3.8, 4) is 0 Å². The van der Waals surface area contributed by atoms with Gasteiger partial charge in [0.2, 0.25) is 5.95 Å². The highest BCUT2D eigenvalue weighted by atomic mass is 19.4. The van der Waals surface area contributed by atoms with Gasteiger partial charge in [-0.05, 0) is 26.4 Å². The van der Waals surface area contributed by atoms with Crippen LogP contribution >= 0.6 is 0 Å². The molecule has 8 heteroatoms. The van der Waals surface area contributed by atoms with Gasteiger partial charge in [-0.2, -0.15) is 18.2 Å². The van der Waals surface area contributed by atoms with Crippen molar-refractivity contribution in [2.45, 2.75) is 25.1 Å². The van der Waals surface area contributed by atoms with Gasteiger partial charge in [-0.15, -0.1) is 0 Å². The molecule has 2 rings (SSSR count). The molecule has 20 heavy (non-hydrogen) atoms. The van der Waals surface area contributed by atoms with Crippen molar-refractivity contribution in [1.82, 2.24) is 14.9 Å². The lowest BCUT2D eigenvalue weighted by Gasteiger charge is -2.30. The highest BCUT2D eigenvalue weighted by Crippen LogP contribution is 2.30. The van der Waals surface area contributed by atoms with Crippen molar-refractivity contribution in [3.05, 3.63) is 11.8 Å². The molecular weight excluding hydrogens is 271 g/mol. The largest absolute Gasteiger partial charge is 0.433 e. The second kappa shape index (κ2) is 5.82. The number of nitrogens with one attached hydrogen (secondary N) is 2. The quantitative estimate of drug-likeness (QED) is 0.892. The molecule has 0 saturated carbocycles. The molecule has 0 bridgehead atoms. The van der Waals surface area contributed by atoms with Gasteiger partial charge in [0.15, 0.2) is 5.69 Å². The average Bonchev–Trinajstić information content (AvgIpc) is 2.37. The Kier molecular flexibility index (Phi) is 4.32. The molecule has 2 N–H and O–H groups in total. The number of aromatic nitrogens is 2. The van der Waals surface area contributed by atoms with Crippen LogP contribution in [0.4, 0.5) is 24.9 Å². The van der Waals surface area contributed by atoms with Crippen LogP contribution in [-0.4, -0.2) is 48.1 Å². The molecule has 0 radical (unpaired) electrons. The smallest absolute Gasteiger partial charge is 0.366 e. The second-order valence-corrected chi connectivity index (χ2v) is 4.96. The third-order valence-corrected chi connectivity index (χ3v) is 3.22. The van der Waals surface area contributed by atoms with Gasteiger partial charge in [-0.1, -0.05) is 0 Å². The van der Waals surface area contributed by atoms with E-state index in [9.17, 15) is 13.2 Å². The lowest BCUT2D eigenvalue weighted by Crippen LogP contribution is -2.40. The van der Waals surface area contributed by atoms with Crippen molar-refractivity contribution in [1.29, 1.82) is 0 Å². The lowest BCUT2D eigenvalue weighted by molar-refractivity contribution is -0.141. The number of halogens is 3. The van der Waals surface area contributed by atoms with Gasteiger partial charge in [-0.3, -0.25) is 0 Å². The van der Waals surface area contributed by atoms with E-state index in [1.54, 1.807) is 0 Å². The van der Waals surface area contributed by atoms with Crippen LogP contribution in [0.5, 0.6) is 0 Å². The predicted molar refractivity (Wildman–Crippen MR) is 70.7 cm³/mol. The van der Waals surface area contributed by atoms with E-state index in [-0.39, 0.29) is 17.8 Å². The zero-order valence-corrected chi connectivity index (χ0v) is 11.5. The minimum absolute atomic E-state index is 0.0357. The molecule has 1 aromatic heterocycles. The van der Waals surface area contributed by atoms with Crippen molar-refractivity contribution in [3.63, 3.8) is 0 Å². The summed E-state index contributed by atoms with van der Waals surface area (Å²) in [5.74, 6) is 0.170. The summed E-state index contributed by atoms with van der Waals surface area (Å²) in [6.07, 6.45) is -2.54. The molecule has 1 aliphatic rings. The molecule has 0 amide bonds. The minimum atomic E-state index is -4.48. The molecule has 0 aliphatic carbocycles. The summed E-state index contributed by atoms with van der Waals surface area (Å²) in [6, 6.07) is 1.06. The average molecular weight is 289 g/mol. The first-order chi connectivity index (χ1) is 9.38. The van der Waals surface area contributed by atoms with Gasteiger partial charge < -0.3 is 15.5 Å². The summed E-state index contributed by atoms with van der Waals surface area (Å²) >= 11 is 0. The predicted octanol–water partition coefficient (Wildman–Crippen LogP) is 2.04. The molecule has 1 fully saturated rings. The molecule has 1 atom stereocenters. The Balaban J connectivity index is 2.18. The van der Waals surface area contributed by atoms with E-state index in [1.807, 2.05) is 7.05 Å². The van der Waals surface area contributed by atoms with Gasteiger partial charge in [0.25, 0.3) is 0 Å². The van der Waals surface area contributed by atoms with E-state index >= 15 is 0 Å². The maximum Gasteiger partial charge on any atom is 0.433 e. The Labute approximate surface area is 115 Å². The molecule has 1 unspecified atom stereocenters. The number of alkyl halides is 3. The number of likely N-dealkylation sites (tertiary alicyclic amines) is 1. The standard InChI is InChI=1S/C12H18F3N5/c1-16-11-18-9(12(13,14)15)6-10(19-11)17-8-4-3-5-20(2)7-8/h6,8H,3-5,7H2,1-2H3,(H2,16,17,18,19). The summed E-state index contributed by atoms with van der Waals surface area (Å²) in [4.78, 5) is 9.61. The maximum absolute atomic E-state index is 12.8. The van der Waals surface area contributed by atoms with Crippen LogP contribution in [0.2, 0.25) is 0 Å². The number of hydrogen-bond acceptors (Lipinski definition) is 5. The van der Waals surface area contributed by atoms with Crippen LogP contribution in [0.15, 0.2) is 6.07 Å². The molecule has 1 aliphatic heterocycles. The summed E-state index contributed by atoms with van der Waals surface area (Å²) in [7, 11) is 3.49. The molecule has 112 valence electrons. The SMILES string of the molecule is CNc1nc(NC2CCCN(C)C2)cc(C(F)(F)F)n1. The monoisotopic (exact) mass is 289 g/mol. The first-order valence-electron chi connectivity index (χ1n) is 6.47. The number of likely N-dealkylation sites (N-methyl/N-ethyl adjacent to an activating group) is 1. The van der Waals surface area contributed by atoms with E-state index in [4.69, 9.17) is 0 Å². The van der Waals surface area contributed by atoms with Gasteiger partial charge in [0.05, 0.1) is 0 Å². The van der Waals surface area contributed by atoms with Crippen molar-refractivity contribution in [2.24, 2.45) is 0 Å². The molecular formula is C12H18F3N5. The normalized spacial score (nSPS) is 20.8. The Bertz CT molecular complexity index is 463. The Morgan fingerprint density at radius 2 is 2.10 bits per heavy atom. The van der Waals surface area contributed by atoms with Gasteiger partial charge in [-0.25, -0.2) is 4.98 Å². The third-order valence-electron chi connectivity index (χ3n) is 3.22. The van der Waals surface area contributed by atoms with Crippen LogP contribution in [0.3, 0.4) is 0 Å². The van der Waals surface area contributed by atoms with Gasteiger partial charge >= 0.3 is 6.18 Å². The van der Waals surface area contributed by atoms with E-state index in [1.165, 1.54) is 7.05 Å². The molecule has 5 nitrogen and oxygen atoms in total. The highest BCUT2D eigenvalue weighted by Gasteiger charge is 2.34. The number of anilines is 2. The molecule has 1 aromatic rings. The van der Waals surface area contributed by atoms with Gasteiger partial charge in [0.1, 0.15) is 5.82 Å². The highest BCUT2D eigenvalue weighted by molar-refractivity contribution is 5.43. The van der Waals surface area contributed by atoms with Crippen LogP contribution in [0, 0.1) is 0 Å². The fourth-order valence-corrected chi connectivity index (χ4v) is 2.27. The topological polar surface area (TPSA) is 53.1 Å². The summed E-state index contributed by atoms with van der Waals surface area (Å²) in [6.45, 7) is 1.80. The molecule has 0 spiro atoms. The van der Waals surface area contributed by atoms with Crippen molar-refractivity contribution in [2.75, 3.05) is 37.8 Å². The van der Waals surface area contributed by atoms with E-state index < -0.39 is 11.9 Å². The summed E-state index contributed by atoms with van der Waals surface area (Å²) in [5, 5.41) is 5.62. The van der Waals surface area contributed by atoms with Crippen LogP contribution in [0.25, 0.3) is 0 Å². The van der Waals surface area contributed by atoms with Gasteiger partial charge in [0, 0.05) is 25.7 Å². The number of nitrogens with zero attached hydrogens (tertiary/aromatic N) is 3. The zero-order chi connectivity index (χ0) is 14.8. The fraction of sp³-hybridized carbons (Fsp3) is 0.667. The number of piperidine rings is 1. The summed E-state index contributed by atoms with van der Waals surface area (Å²) < 4.78 is 38.3. The van der Waals surface area contributed by atoms with E-state index in [2.05, 4.69) is 25.5 Å². The van der Waals surface area contributed by atoms with Crippen LogP contribution in [-0.2, 0) is 6.18 Å². The number of hydrogen-bond donors (Lipinski definition) is 2. The Morgan fingerprint density at radius 3 is 2.70 bits per heavy atom. The maximum atomic E-state index is 12.8. The van der Waals surface area contributed by atoms with Crippen LogP contribution in [0.1, 0.15) is 18.5 Å². The van der Waals surface area contributed by atoms with E-state index in [0.29, 0.717) is 0 Å².